The fourth-order valence-electron chi connectivity index (χ4n) is 3.97. The van der Waals surface area contributed by atoms with Gasteiger partial charge >= 0.3 is 0 Å². The first-order valence-electron chi connectivity index (χ1n) is 12.7. The molecule has 0 bridgehead atoms. The fourth-order valence-corrected chi connectivity index (χ4v) is 5.42. The molecule has 0 saturated carbocycles. The van der Waals surface area contributed by atoms with Crippen LogP contribution in [0.25, 0.3) is 0 Å². The second-order valence-corrected chi connectivity index (χ2v) is 10.8. The molecule has 1 N–H and O–H groups in total. The Bertz CT molecular complexity index is 1350. The zero-order valence-corrected chi connectivity index (χ0v) is 23.2. The summed E-state index contributed by atoms with van der Waals surface area (Å²) in [6.07, 6.45) is 1.67. The molecule has 208 valence electrons. The summed E-state index contributed by atoms with van der Waals surface area (Å²) in [5, 5.41) is 2.83. The van der Waals surface area contributed by atoms with E-state index in [0.717, 1.165) is 17.1 Å². The Morgan fingerprint density at radius 2 is 1.62 bits per heavy atom. The average molecular weight is 556 g/mol. The van der Waals surface area contributed by atoms with Gasteiger partial charge in [0.1, 0.15) is 24.2 Å². The van der Waals surface area contributed by atoms with Crippen molar-refractivity contribution in [2.24, 2.45) is 0 Å². The number of hydrogen-bond acceptors (Lipinski definition) is 5. The molecule has 0 unspecified atom stereocenters. The number of halogens is 1. The molecule has 2 amide bonds. The summed E-state index contributed by atoms with van der Waals surface area (Å²) in [6, 6.07) is 18.9. The summed E-state index contributed by atoms with van der Waals surface area (Å²) in [5.41, 5.74) is 0.770. The Hall–Kier alpha value is -3.92. The van der Waals surface area contributed by atoms with Crippen LogP contribution in [0, 0.1) is 5.82 Å². The SMILES string of the molecule is CCCCNC(=O)[C@@H](C)N(Cc1ccc(F)cc1)C(=O)CN(c1ccccc1OC)S(=O)(=O)c1ccccc1. The average Bonchev–Trinajstić information content (AvgIpc) is 2.95. The number of unbranched alkanes of at least 4 members (excludes halogenated alkanes) is 1. The molecule has 0 heterocycles. The van der Waals surface area contributed by atoms with Crippen molar-refractivity contribution in [2.45, 2.75) is 44.2 Å². The number of carbonyl (C=O) groups excluding carboxylic acids is 2. The van der Waals surface area contributed by atoms with Crippen molar-refractivity contribution >= 4 is 27.5 Å². The Morgan fingerprint density at radius 3 is 2.26 bits per heavy atom. The summed E-state index contributed by atoms with van der Waals surface area (Å²) in [6.45, 7) is 3.42. The maximum Gasteiger partial charge on any atom is 0.264 e. The maximum atomic E-state index is 13.9. The number of hydrogen-bond donors (Lipinski definition) is 1. The fraction of sp³-hybridized carbons (Fsp3) is 0.310. The third-order valence-electron chi connectivity index (χ3n) is 6.23. The van der Waals surface area contributed by atoms with Gasteiger partial charge in [-0.05, 0) is 55.3 Å². The number of carbonyl (C=O) groups is 2. The van der Waals surface area contributed by atoms with Crippen LogP contribution in [-0.2, 0) is 26.2 Å². The van der Waals surface area contributed by atoms with Gasteiger partial charge in [-0.15, -0.1) is 0 Å². The van der Waals surface area contributed by atoms with Gasteiger partial charge in [0.2, 0.25) is 11.8 Å². The molecule has 0 aliphatic heterocycles. The lowest BCUT2D eigenvalue weighted by molar-refractivity contribution is -0.139. The highest BCUT2D eigenvalue weighted by molar-refractivity contribution is 7.92. The number of nitrogens with one attached hydrogen (secondary N) is 1. The minimum absolute atomic E-state index is 0.000789. The summed E-state index contributed by atoms with van der Waals surface area (Å²) in [4.78, 5) is 28.1. The molecule has 10 heteroatoms. The van der Waals surface area contributed by atoms with Crippen LogP contribution in [0.4, 0.5) is 10.1 Å². The lowest BCUT2D eigenvalue weighted by Crippen LogP contribution is -2.51. The number of ether oxygens (including phenoxy) is 1. The molecule has 39 heavy (non-hydrogen) atoms. The van der Waals surface area contributed by atoms with Gasteiger partial charge in [-0.3, -0.25) is 13.9 Å². The predicted octanol–water partition coefficient (Wildman–Crippen LogP) is 4.36. The van der Waals surface area contributed by atoms with Crippen molar-refractivity contribution in [1.29, 1.82) is 0 Å². The van der Waals surface area contributed by atoms with Crippen molar-refractivity contribution in [2.75, 3.05) is 24.5 Å². The Balaban J connectivity index is 2.02. The highest BCUT2D eigenvalue weighted by Crippen LogP contribution is 2.32. The molecule has 0 saturated heterocycles. The van der Waals surface area contributed by atoms with Crippen LogP contribution in [0.5, 0.6) is 5.75 Å². The quantitative estimate of drug-likeness (QED) is 0.316. The summed E-state index contributed by atoms with van der Waals surface area (Å²) in [5.74, 6) is -1.14. The van der Waals surface area contributed by atoms with Gasteiger partial charge in [0, 0.05) is 13.1 Å². The summed E-state index contributed by atoms with van der Waals surface area (Å²) >= 11 is 0. The van der Waals surface area contributed by atoms with Crippen molar-refractivity contribution in [1.82, 2.24) is 10.2 Å². The third kappa shape index (κ3) is 7.57. The number of rotatable bonds is 13. The molecule has 1 atom stereocenters. The van der Waals surface area contributed by atoms with E-state index in [4.69, 9.17) is 4.74 Å². The van der Waals surface area contributed by atoms with Crippen LogP contribution < -0.4 is 14.4 Å². The first-order valence-corrected chi connectivity index (χ1v) is 14.2. The smallest absolute Gasteiger partial charge is 0.264 e. The first kappa shape index (κ1) is 29.6. The molecular formula is C29H34FN3O5S. The lowest BCUT2D eigenvalue weighted by atomic mass is 10.1. The minimum atomic E-state index is -4.20. The number of anilines is 1. The monoisotopic (exact) mass is 555 g/mol. The van der Waals surface area contributed by atoms with Crippen molar-refractivity contribution < 1.29 is 27.1 Å². The van der Waals surface area contributed by atoms with Crippen LogP contribution in [0.2, 0.25) is 0 Å². The Labute approximate surface area is 229 Å². The third-order valence-corrected chi connectivity index (χ3v) is 8.00. The van der Waals surface area contributed by atoms with E-state index in [1.54, 1.807) is 49.4 Å². The van der Waals surface area contributed by atoms with Gasteiger partial charge < -0.3 is 15.0 Å². The van der Waals surface area contributed by atoms with Crippen LogP contribution in [-0.4, -0.2) is 51.4 Å². The number of sulfonamides is 1. The largest absolute Gasteiger partial charge is 0.495 e. The van der Waals surface area contributed by atoms with Crippen LogP contribution in [0.15, 0.2) is 83.8 Å². The number of amides is 2. The predicted molar refractivity (Wildman–Crippen MR) is 148 cm³/mol. The molecule has 0 aliphatic rings. The van der Waals surface area contributed by atoms with Crippen LogP contribution in [0.3, 0.4) is 0 Å². The van der Waals surface area contributed by atoms with Gasteiger partial charge in [-0.25, -0.2) is 12.8 Å². The van der Waals surface area contributed by atoms with Gasteiger partial charge in [0.25, 0.3) is 10.0 Å². The van der Waals surface area contributed by atoms with Gasteiger partial charge in [-0.2, -0.15) is 0 Å². The molecule has 8 nitrogen and oxygen atoms in total. The van der Waals surface area contributed by atoms with Crippen molar-refractivity contribution in [3.63, 3.8) is 0 Å². The standard InChI is InChI=1S/C29H34FN3O5S/c1-4-5-19-31-29(35)22(2)32(20-23-15-17-24(30)18-16-23)28(34)21-33(26-13-9-10-14-27(26)38-3)39(36,37)25-11-7-6-8-12-25/h6-18,22H,4-5,19-21H2,1-3H3,(H,31,35)/t22-/m1/s1. The Kier molecular flexibility index (Phi) is 10.4. The van der Waals surface area contributed by atoms with E-state index in [1.165, 1.54) is 48.4 Å². The molecule has 0 fully saturated rings. The van der Waals surface area contributed by atoms with E-state index < -0.39 is 34.3 Å². The number of para-hydroxylation sites is 2. The van der Waals surface area contributed by atoms with Crippen LogP contribution in [0.1, 0.15) is 32.3 Å². The Morgan fingerprint density at radius 1 is 0.974 bits per heavy atom. The normalized spacial score (nSPS) is 11.9. The first-order chi connectivity index (χ1) is 18.7. The molecule has 0 aromatic heterocycles. The summed E-state index contributed by atoms with van der Waals surface area (Å²) < 4.78 is 47.6. The van der Waals surface area contributed by atoms with E-state index in [2.05, 4.69) is 5.32 Å². The van der Waals surface area contributed by atoms with Gasteiger partial charge in [0.05, 0.1) is 17.7 Å². The van der Waals surface area contributed by atoms with Gasteiger partial charge in [0.15, 0.2) is 0 Å². The topological polar surface area (TPSA) is 96.0 Å². The lowest BCUT2D eigenvalue weighted by Gasteiger charge is -2.32. The highest BCUT2D eigenvalue weighted by Gasteiger charge is 2.33. The van der Waals surface area contributed by atoms with Crippen LogP contribution >= 0.6 is 0 Å². The highest BCUT2D eigenvalue weighted by atomic mass is 32.2. The second kappa shape index (κ2) is 13.7. The number of methoxy groups -OCH3 is 1. The molecule has 3 aromatic rings. The minimum Gasteiger partial charge on any atom is -0.495 e. The van der Waals surface area contributed by atoms with E-state index in [0.29, 0.717) is 12.1 Å². The molecule has 0 spiro atoms. The molecule has 0 radical (unpaired) electrons. The number of nitrogens with zero attached hydrogens (tertiary/aromatic N) is 2. The second-order valence-electron chi connectivity index (χ2n) is 8.97. The molecular weight excluding hydrogens is 521 g/mol. The van der Waals surface area contributed by atoms with E-state index in [1.807, 2.05) is 6.92 Å². The van der Waals surface area contributed by atoms with E-state index in [9.17, 15) is 22.4 Å². The molecule has 3 aromatic carbocycles. The van der Waals surface area contributed by atoms with Gasteiger partial charge in [-0.1, -0.05) is 55.8 Å². The molecule has 3 rings (SSSR count). The van der Waals surface area contributed by atoms with Crippen molar-refractivity contribution in [3.8, 4) is 5.75 Å². The van der Waals surface area contributed by atoms with E-state index in [-0.39, 0.29) is 28.8 Å². The zero-order chi connectivity index (χ0) is 28.4. The molecule has 0 aliphatic carbocycles. The maximum absolute atomic E-state index is 13.9. The zero-order valence-electron chi connectivity index (χ0n) is 22.3. The number of benzene rings is 3. The summed E-state index contributed by atoms with van der Waals surface area (Å²) in [7, 11) is -2.79. The van der Waals surface area contributed by atoms with Crippen molar-refractivity contribution in [3.05, 3.63) is 90.2 Å². The van der Waals surface area contributed by atoms with E-state index >= 15 is 0 Å².